The molecule has 0 bridgehead atoms. The lowest BCUT2D eigenvalue weighted by Gasteiger charge is -2.34. The fourth-order valence-electron chi connectivity index (χ4n) is 4.08. The fraction of sp³-hybridized carbons (Fsp3) is 0.476. The Balaban J connectivity index is 1.83. The molecule has 0 spiro atoms. The molecule has 0 saturated heterocycles. The molecule has 1 aromatic carbocycles. The van der Waals surface area contributed by atoms with Crippen LogP contribution in [0.5, 0.6) is 11.5 Å². The van der Waals surface area contributed by atoms with Crippen LogP contribution in [-0.2, 0) is 14.3 Å². The van der Waals surface area contributed by atoms with Gasteiger partial charge in [0.2, 0.25) is 6.79 Å². The second-order valence-corrected chi connectivity index (χ2v) is 7.44. The molecule has 6 heteroatoms. The van der Waals surface area contributed by atoms with Gasteiger partial charge < -0.3 is 14.2 Å². The van der Waals surface area contributed by atoms with Gasteiger partial charge in [0, 0.05) is 29.3 Å². The smallest absolute Gasteiger partial charge is 0.315 e. The van der Waals surface area contributed by atoms with Crippen LogP contribution >= 0.6 is 0 Å². The van der Waals surface area contributed by atoms with Crippen molar-refractivity contribution in [2.75, 3.05) is 6.79 Å². The minimum absolute atomic E-state index is 0.0671. The van der Waals surface area contributed by atoms with E-state index in [1.807, 2.05) is 39.0 Å². The van der Waals surface area contributed by atoms with Crippen LogP contribution in [0.4, 0.5) is 0 Å². The topological polar surface area (TPSA) is 74.2 Å². The third kappa shape index (κ3) is 3.13. The van der Waals surface area contributed by atoms with Crippen molar-refractivity contribution in [1.29, 1.82) is 0 Å². The molecule has 2 atom stereocenters. The zero-order chi connectivity index (χ0) is 19.1. The minimum Gasteiger partial charge on any atom is -0.462 e. The molecule has 2 aliphatic heterocycles. The molecule has 0 saturated carbocycles. The second-order valence-electron chi connectivity index (χ2n) is 7.44. The van der Waals surface area contributed by atoms with E-state index in [4.69, 9.17) is 14.2 Å². The van der Waals surface area contributed by atoms with Crippen molar-refractivity contribution >= 4 is 17.5 Å². The predicted molar refractivity (Wildman–Crippen MR) is 99.0 cm³/mol. The number of carbonyl (C=O) groups is 2. The zero-order valence-electron chi connectivity index (χ0n) is 15.8. The normalized spacial score (nSPS) is 24.0. The minimum atomic E-state index is -0.617. The van der Waals surface area contributed by atoms with Gasteiger partial charge >= 0.3 is 5.97 Å². The van der Waals surface area contributed by atoms with E-state index in [9.17, 15) is 9.59 Å². The third-order valence-corrected chi connectivity index (χ3v) is 5.20. The van der Waals surface area contributed by atoms with Gasteiger partial charge in [-0.2, -0.15) is 0 Å². The van der Waals surface area contributed by atoms with Crippen molar-refractivity contribution in [3.8, 4) is 11.5 Å². The standard InChI is InChI=1S/C21H23NO5/c1-11(2)27-21(24)18-12(3)22-14-5-4-6-15(23)20(14)19(18)13-7-8-16-17(9-13)26-10-25-16/h7-9,11,18-19H,4-6,10H2,1-3H3/t18?,19-/m1/s1. The maximum absolute atomic E-state index is 12.9. The second kappa shape index (κ2) is 6.83. The number of allylic oxidation sites excluding steroid dienone is 2. The third-order valence-electron chi connectivity index (χ3n) is 5.20. The Morgan fingerprint density at radius 2 is 2.00 bits per heavy atom. The Labute approximate surface area is 158 Å². The van der Waals surface area contributed by atoms with E-state index in [2.05, 4.69) is 4.99 Å². The van der Waals surface area contributed by atoms with E-state index in [-0.39, 0.29) is 24.6 Å². The summed E-state index contributed by atoms with van der Waals surface area (Å²) in [7, 11) is 0. The number of rotatable bonds is 3. The number of Topliss-reactive ketones (excluding diaryl/α,β-unsaturated/α-hetero) is 1. The lowest BCUT2D eigenvalue weighted by molar-refractivity contribution is -0.150. The van der Waals surface area contributed by atoms with Gasteiger partial charge in [0.15, 0.2) is 17.3 Å². The van der Waals surface area contributed by atoms with Crippen LogP contribution < -0.4 is 9.47 Å². The largest absolute Gasteiger partial charge is 0.462 e. The van der Waals surface area contributed by atoms with Gasteiger partial charge in [0.25, 0.3) is 0 Å². The number of esters is 1. The molecular weight excluding hydrogens is 346 g/mol. The number of benzene rings is 1. The SMILES string of the molecule is CC1=NC2=C(C(=O)CCC2)[C@H](c2ccc3c(c2)OCO3)C1C(=O)OC(C)C. The highest BCUT2D eigenvalue weighted by molar-refractivity contribution is 6.08. The highest BCUT2D eigenvalue weighted by atomic mass is 16.7. The summed E-state index contributed by atoms with van der Waals surface area (Å²) in [4.78, 5) is 30.4. The van der Waals surface area contributed by atoms with Gasteiger partial charge in [-0.3, -0.25) is 14.6 Å². The first-order valence-corrected chi connectivity index (χ1v) is 9.37. The highest BCUT2D eigenvalue weighted by Gasteiger charge is 2.43. The molecule has 6 nitrogen and oxygen atoms in total. The van der Waals surface area contributed by atoms with E-state index in [0.29, 0.717) is 29.2 Å². The van der Waals surface area contributed by atoms with Crippen molar-refractivity contribution < 1.29 is 23.8 Å². The molecule has 0 aromatic heterocycles. The van der Waals surface area contributed by atoms with Crippen LogP contribution in [-0.4, -0.2) is 30.4 Å². The van der Waals surface area contributed by atoms with Crippen LogP contribution in [0, 0.1) is 5.92 Å². The quantitative estimate of drug-likeness (QED) is 0.762. The number of hydrogen-bond donors (Lipinski definition) is 0. The average molecular weight is 369 g/mol. The summed E-state index contributed by atoms with van der Waals surface area (Å²) in [6.07, 6.45) is 1.80. The molecule has 0 radical (unpaired) electrons. The van der Waals surface area contributed by atoms with Gasteiger partial charge in [-0.1, -0.05) is 6.07 Å². The molecule has 0 N–H and O–H groups in total. The molecule has 1 unspecified atom stereocenters. The molecule has 3 aliphatic rings. The summed E-state index contributed by atoms with van der Waals surface area (Å²) in [6.45, 7) is 5.66. The lowest BCUT2D eigenvalue weighted by atomic mass is 9.71. The number of fused-ring (bicyclic) bond motifs is 1. The van der Waals surface area contributed by atoms with Crippen molar-refractivity contribution in [3.05, 3.63) is 35.0 Å². The molecular formula is C21H23NO5. The summed E-state index contributed by atoms with van der Waals surface area (Å²) in [5.41, 5.74) is 3.00. The Morgan fingerprint density at radius 1 is 1.22 bits per heavy atom. The van der Waals surface area contributed by atoms with Gasteiger partial charge in [-0.05, 0) is 51.3 Å². The Bertz CT molecular complexity index is 867. The first kappa shape index (κ1) is 17.8. The summed E-state index contributed by atoms with van der Waals surface area (Å²) >= 11 is 0. The van der Waals surface area contributed by atoms with Crippen LogP contribution in [0.1, 0.15) is 51.5 Å². The monoisotopic (exact) mass is 369 g/mol. The molecule has 0 fully saturated rings. The maximum atomic E-state index is 12.9. The average Bonchev–Trinajstić information content (AvgIpc) is 3.07. The molecule has 1 aromatic rings. The lowest BCUT2D eigenvalue weighted by Crippen LogP contribution is -2.38. The Hall–Kier alpha value is -2.63. The zero-order valence-corrected chi connectivity index (χ0v) is 15.8. The Morgan fingerprint density at radius 3 is 2.78 bits per heavy atom. The van der Waals surface area contributed by atoms with Crippen molar-refractivity contribution in [2.24, 2.45) is 10.9 Å². The van der Waals surface area contributed by atoms with E-state index < -0.39 is 11.8 Å². The van der Waals surface area contributed by atoms with Crippen molar-refractivity contribution in [1.82, 2.24) is 0 Å². The van der Waals surface area contributed by atoms with Crippen molar-refractivity contribution in [3.63, 3.8) is 0 Å². The summed E-state index contributed by atoms with van der Waals surface area (Å²) in [6, 6.07) is 5.60. The first-order chi connectivity index (χ1) is 13.0. The summed E-state index contributed by atoms with van der Waals surface area (Å²) < 4.78 is 16.4. The van der Waals surface area contributed by atoms with Crippen molar-refractivity contribution in [2.45, 2.75) is 52.1 Å². The first-order valence-electron chi connectivity index (χ1n) is 9.37. The van der Waals surface area contributed by atoms with Gasteiger partial charge in [0.05, 0.1) is 6.10 Å². The van der Waals surface area contributed by atoms with Gasteiger partial charge in [-0.25, -0.2) is 0 Å². The number of ketones is 1. The van der Waals surface area contributed by atoms with Gasteiger partial charge in [-0.15, -0.1) is 0 Å². The van der Waals surface area contributed by atoms with E-state index in [1.165, 1.54) is 0 Å². The van der Waals surface area contributed by atoms with E-state index in [1.54, 1.807) is 0 Å². The highest BCUT2D eigenvalue weighted by Crippen LogP contribution is 2.46. The molecule has 1 aliphatic carbocycles. The molecule has 4 rings (SSSR count). The van der Waals surface area contributed by atoms with Gasteiger partial charge in [0.1, 0.15) is 5.92 Å². The number of carbonyl (C=O) groups excluding carboxylic acids is 2. The number of aliphatic imine (C=N–C) groups is 1. The molecule has 2 heterocycles. The van der Waals surface area contributed by atoms with Crippen LogP contribution in [0.2, 0.25) is 0 Å². The van der Waals surface area contributed by atoms with Crippen LogP contribution in [0.25, 0.3) is 0 Å². The fourth-order valence-corrected chi connectivity index (χ4v) is 4.08. The number of hydrogen-bond acceptors (Lipinski definition) is 6. The van der Waals surface area contributed by atoms with Crippen LogP contribution in [0.15, 0.2) is 34.5 Å². The molecule has 0 amide bonds. The maximum Gasteiger partial charge on any atom is 0.315 e. The van der Waals surface area contributed by atoms with Crippen LogP contribution in [0.3, 0.4) is 0 Å². The predicted octanol–water partition coefficient (Wildman–Crippen LogP) is 3.55. The van der Waals surface area contributed by atoms with E-state index >= 15 is 0 Å². The molecule has 142 valence electrons. The summed E-state index contributed by atoms with van der Waals surface area (Å²) in [5, 5.41) is 0. The summed E-state index contributed by atoms with van der Waals surface area (Å²) in [5.74, 6) is -0.00421. The Kier molecular flexibility index (Phi) is 4.50. The number of nitrogens with zero attached hydrogens (tertiary/aromatic N) is 1. The molecule has 27 heavy (non-hydrogen) atoms. The number of ether oxygens (including phenoxy) is 3. The van der Waals surface area contributed by atoms with E-state index in [0.717, 1.165) is 24.1 Å².